The molecule has 0 amide bonds. The van der Waals surface area contributed by atoms with E-state index in [0.29, 0.717) is 0 Å². The van der Waals surface area contributed by atoms with Gasteiger partial charge in [-0.1, -0.05) is 158 Å². The summed E-state index contributed by atoms with van der Waals surface area (Å²) >= 11 is 0. The van der Waals surface area contributed by atoms with Gasteiger partial charge < -0.3 is 0 Å². The Balaban J connectivity index is 0.000000186. The third kappa shape index (κ3) is 7.17. The van der Waals surface area contributed by atoms with Crippen molar-refractivity contribution in [1.82, 2.24) is 14.0 Å². The van der Waals surface area contributed by atoms with E-state index in [-0.39, 0.29) is 0 Å². The summed E-state index contributed by atoms with van der Waals surface area (Å²) in [5.41, 5.74) is 6.60. The van der Waals surface area contributed by atoms with Gasteiger partial charge in [-0.2, -0.15) is 35.9 Å². The van der Waals surface area contributed by atoms with Crippen molar-refractivity contribution in [3.8, 4) is 0 Å². The van der Waals surface area contributed by atoms with Crippen LogP contribution in [0.4, 0.5) is 0 Å². The summed E-state index contributed by atoms with van der Waals surface area (Å²) < 4.78 is 6.97. The molecule has 0 unspecified atom stereocenters. The summed E-state index contributed by atoms with van der Waals surface area (Å²) in [6, 6.07) is 58.6. The largest absolute Gasteiger partial charge is 0.253 e. The van der Waals surface area contributed by atoms with Crippen LogP contribution in [0.1, 0.15) is 5.56 Å². The van der Waals surface area contributed by atoms with Gasteiger partial charge in [0.1, 0.15) is 12.0 Å². The first-order chi connectivity index (χ1) is 22.8. The molecule has 47 heavy (non-hydrogen) atoms. The Labute approximate surface area is 283 Å². The van der Waals surface area contributed by atoms with E-state index in [1.807, 2.05) is 0 Å². The molecular weight excluding hydrogens is 588 g/mol. The maximum atomic E-state index is 2.36. The summed E-state index contributed by atoms with van der Waals surface area (Å²) in [5, 5.41) is 2.57. The second-order valence-electron chi connectivity index (χ2n) is 12.6. The van der Waals surface area contributed by atoms with E-state index in [1.54, 1.807) is 0 Å². The number of nitrogens with zero attached hydrogens (tertiary/aromatic N) is 3. The molecule has 6 rings (SSSR count). The minimum Gasteiger partial charge on any atom is -0.195 e. The van der Waals surface area contributed by atoms with E-state index in [1.165, 1.54) is 38.2 Å². The molecule has 238 valence electrons. The Morgan fingerprint density at radius 1 is 0.404 bits per heavy atom. The van der Waals surface area contributed by atoms with E-state index in [9.17, 15) is 0 Å². The molecule has 6 aromatic carbocycles. The van der Waals surface area contributed by atoms with E-state index in [0.717, 1.165) is 0 Å². The van der Waals surface area contributed by atoms with Gasteiger partial charge in [-0.05, 0) is 28.5 Å². The smallest absolute Gasteiger partial charge is 0.195 e. The van der Waals surface area contributed by atoms with Crippen LogP contribution in [0.2, 0.25) is 0 Å². The van der Waals surface area contributed by atoms with Gasteiger partial charge in [0.05, 0.1) is 0 Å². The topological polar surface area (TPSA) is 9.72 Å². The number of hydrogen-bond acceptors (Lipinski definition) is 3. The van der Waals surface area contributed by atoms with Crippen LogP contribution in [0, 0.1) is 0 Å². The van der Waals surface area contributed by atoms with Gasteiger partial charge in [0.2, 0.25) is 0 Å². The lowest BCUT2D eigenvalue weighted by Gasteiger charge is -2.44. The lowest BCUT2D eigenvalue weighted by Crippen LogP contribution is -2.74. The second-order valence-corrected chi connectivity index (χ2v) is 16.5. The fourth-order valence-electron chi connectivity index (χ4n) is 7.09. The van der Waals surface area contributed by atoms with E-state index >= 15 is 0 Å². The third-order valence-electron chi connectivity index (χ3n) is 9.20. The first-order valence-electron chi connectivity index (χ1n) is 16.3. The first-order valence-corrected chi connectivity index (χ1v) is 18.0. The number of fused-ring (bicyclic) bond motifs is 1. The summed E-state index contributed by atoms with van der Waals surface area (Å²) in [6.45, 7) is 0. The Morgan fingerprint density at radius 2 is 0.745 bits per heavy atom. The predicted octanol–water partition coefficient (Wildman–Crippen LogP) is 7.32. The molecule has 0 atom stereocenters. The van der Waals surface area contributed by atoms with Gasteiger partial charge in [0.25, 0.3) is 7.71 Å². The molecule has 0 spiro atoms. The second kappa shape index (κ2) is 15.5. The normalized spacial score (nSPS) is 12.1. The summed E-state index contributed by atoms with van der Waals surface area (Å²) in [6.07, 6.45) is 1.03. The minimum atomic E-state index is -1.62. The molecule has 0 bridgehead atoms. The van der Waals surface area contributed by atoms with E-state index in [2.05, 4.69) is 232 Å². The molecule has 0 heterocycles. The van der Waals surface area contributed by atoms with E-state index < -0.39 is 13.9 Å². The molecule has 0 aliphatic carbocycles. The van der Waals surface area contributed by atoms with Crippen molar-refractivity contribution in [2.24, 2.45) is 0 Å². The standard InChI is InChI=1S/C24H20B.C18H27N3P/c1-5-13-21(14-6-1)25(22-15-7-2-8-16-22,23-17-9-3-10-18-23)24-19-11-4-12-20-24;1-19(2)22(20(3)4,21(5)6)14-13-16-11-12-17-9-7-8-10-18(17)15-16/h1-20H;7-15H,1-6H3/q-1;+1/b;14-13+. The molecule has 5 heteroatoms. The maximum Gasteiger partial charge on any atom is 0.253 e. The van der Waals surface area contributed by atoms with Crippen molar-refractivity contribution >= 4 is 52.6 Å². The minimum absolute atomic E-state index is 1.22. The van der Waals surface area contributed by atoms with Crippen molar-refractivity contribution < 1.29 is 0 Å². The highest BCUT2D eigenvalue weighted by molar-refractivity contribution is 7.72. The maximum absolute atomic E-state index is 2.36. The van der Waals surface area contributed by atoms with Gasteiger partial charge in [0, 0.05) is 42.3 Å². The lowest BCUT2D eigenvalue weighted by atomic mass is 9.13. The molecule has 0 N–H and O–H groups in total. The van der Waals surface area contributed by atoms with Gasteiger partial charge in [-0.25, -0.2) is 0 Å². The van der Waals surface area contributed by atoms with Crippen molar-refractivity contribution in [3.05, 3.63) is 175 Å². The first kappa shape index (κ1) is 34.0. The van der Waals surface area contributed by atoms with Crippen LogP contribution < -0.4 is 21.9 Å². The van der Waals surface area contributed by atoms with Gasteiger partial charge >= 0.3 is 0 Å². The van der Waals surface area contributed by atoms with Gasteiger partial charge in [-0.15, -0.1) is 0 Å². The number of rotatable bonds is 9. The highest BCUT2D eigenvalue weighted by Crippen LogP contribution is 2.65. The Morgan fingerprint density at radius 3 is 1.11 bits per heavy atom. The van der Waals surface area contributed by atoms with Gasteiger partial charge in [0.15, 0.2) is 0 Å². The van der Waals surface area contributed by atoms with Crippen LogP contribution in [0.3, 0.4) is 0 Å². The summed E-state index contributed by atoms with van der Waals surface area (Å²) in [5.74, 6) is 2.36. The fraction of sp³-hybridized carbons (Fsp3) is 0.143. The highest BCUT2D eigenvalue weighted by Gasteiger charge is 2.45. The van der Waals surface area contributed by atoms with Crippen molar-refractivity contribution in [2.75, 3.05) is 42.3 Å². The third-order valence-corrected chi connectivity index (χ3v) is 13.3. The predicted molar refractivity (Wildman–Crippen MR) is 211 cm³/mol. The van der Waals surface area contributed by atoms with Crippen LogP contribution in [0.5, 0.6) is 0 Å². The summed E-state index contributed by atoms with van der Waals surface area (Å²) in [4.78, 5) is 0. The fourth-order valence-corrected chi connectivity index (χ4v) is 10.4. The number of hydrogen-bond donors (Lipinski definition) is 0. The van der Waals surface area contributed by atoms with Gasteiger partial charge in [-0.3, -0.25) is 0 Å². The molecule has 0 radical (unpaired) electrons. The molecule has 0 aliphatic heterocycles. The molecule has 6 aromatic rings. The molecular formula is C42H47BN3P. The highest BCUT2D eigenvalue weighted by atomic mass is 31.2. The Hall–Kier alpha value is -4.31. The zero-order valence-corrected chi connectivity index (χ0v) is 29.5. The van der Waals surface area contributed by atoms with E-state index in [4.69, 9.17) is 0 Å². The van der Waals surface area contributed by atoms with Crippen LogP contribution in [0.15, 0.2) is 170 Å². The van der Waals surface area contributed by atoms with Crippen LogP contribution >= 0.6 is 7.71 Å². The van der Waals surface area contributed by atoms with Crippen molar-refractivity contribution in [2.45, 2.75) is 0 Å². The zero-order valence-electron chi connectivity index (χ0n) is 28.6. The molecule has 3 nitrogen and oxygen atoms in total. The monoisotopic (exact) mass is 635 g/mol. The van der Waals surface area contributed by atoms with Crippen LogP contribution in [0.25, 0.3) is 16.8 Å². The van der Waals surface area contributed by atoms with Crippen molar-refractivity contribution in [3.63, 3.8) is 0 Å². The Kier molecular flexibility index (Phi) is 11.2. The number of benzene rings is 6. The average Bonchev–Trinajstić information content (AvgIpc) is 3.11. The van der Waals surface area contributed by atoms with Crippen LogP contribution in [-0.4, -0.2) is 62.4 Å². The average molecular weight is 636 g/mol. The lowest BCUT2D eigenvalue weighted by molar-refractivity contribution is 0.472. The Bertz CT molecular complexity index is 1670. The van der Waals surface area contributed by atoms with Crippen LogP contribution in [-0.2, 0) is 0 Å². The molecule has 0 aromatic heterocycles. The molecule has 0 fully saturated rings. The SMILES string of the molecule is CN(C)[P+](/C=C/c1ccc2ccccc2c1)(N(C)C)N(C)C.c1ccc([B-](c2ccccc2)(c2ccccc2)c2ccccc2)cc1. The zero-order chi connectivity index (χ0) is 33.3. The molecule has 0 aliphatic rings. The quantitative estimate of drug-likeness (QED) is 0.122. The summed E-state index contributed by atoms with van der Waals surface area (Å²) in [7, 11) is 11.3. The van der Waals surface area contributed by atoms with Crippen molar-refractivity contribution in [1.29, 1.82) is 0 Å². The molecule has 0 saturated heterocycles. The molecule has 0 saturated carbocycles.